The maximum atomic E-state index is 12.5. The molecule has 3 aliphatic heterocycles. The van der Waals surface area contributed by atoms with Gasteiger partial charge in [-0.25, -0.2) is 0 Å². The SMILES string of the molecule is CC(=O)Nc1ccc(-c2ccc3c(c2)C2(CCN(C4CCNCC4)CC2)CN3C(C)=O)cc1. The minimum Gasteiger partial charge on any atom is -0.326 e. The number of carbonyl (C=O) groups is 2. The smallest absolute Gasteiger partial charge is 0.223 e. The van der Waals surface area contributed by atoms with Crippen LogP contribution in [0.4, 0.5) is 11.4 Å². The second-order valence-corrected chi connectivity index (χ2v) is 9.89. The second kappa shape index (κ2) is 8.92. The fraction of sp³-hybridized carbons (Fsp3) is 0.481. The highest BCUT2D eigenvalue weighted by Gasteiger charge is 2.46. The van der Waals surface area contributed by atoms with Crippen molar-refractivity contribution in [1.82, 2.24) is 10.2 Å². The quantitative estimate of drug-likeness (QED) is 0.754. The molecule has 174 valence electrons. The van der Waals surface area contributed by atoms with Gasteiger partial charge in [-0.3, -0.25) is 9.59 Å². The van der Waals surface area contributed by atoms with Gasteiger partial charge in [-0.2, -0.15) is 0 Å². The molecule has 0 radical (unpaired) electrons. The molecule has 0 atom stereocenters. The molecular formula is C27H34N4O2. The highest BCUT2D eigenvalue weighted by Crippen LogP contribution is 2.48. The average molecular weight is 447 g/mol. The van der Waals surface area contributed by atoms with Gasteiger partial charge < -0.3 is 20.4 Å². The van der Waals surface area contributed by atoms with E-state index in [1.165, 1.54) is 25.3 Å². The van der Waals surface area contributed by atoms with Gasteiger partial charge in [0.05, 0.1) is 0 Å². The highest BCUT2D eigenvalue weighted by atomic mass is 16.2. The third-order valence-corrected chi connectivity index (χ3v) is 7.82. The molecule has 0 bridgehead atoms. The predicted octanol–water partition coefficient (Wildman–Crippen LogP) is 3.76. The largest absolute Gasteiger partial charge is 0.326 e. The van der Waals surface area contributed by atoms with Crippen LogP contribution in [0.1, 0.15) is 45.1 Å². The zero-order valence-corrected chi connectivity index (χ0v) is 19.7. The van der Waals surface area contributed by atoms with E-state index < -0.39 is 0 Å². The number of nitrogens with one attached hydrogen (secondary N) is 2. The summed E-state index contributed by atoms with van der Waals surface area (Å²) in [5.41, 5.74) is 5.53. The van der Waals surface area contributed by atoms with Crippen LogP contribution in [-0.4, -0.2) is 55.5 Å². The number of hydrogen-bond acceptors (Lipinski definition) is 4. The minimum absolute atomic E-state index is 0.0383. The van der Waals surface area contributed by atoms with Crippen molar-refractivity contribution in [3.63, 3.8) is 0 Å². The van der Waals surface area contributed by atoms with E-state index in [2.05, 4.69) is 45.9 Å². The molecule has 5 rings (SSSR count). The lowest BCUT2D eigenvalue weighted by Crippen LogP contribution is -2.51. The lowest BCUT2D eigenvalue weighted by atomic mass is 9.73. The van der Waals surface area contributed by atoms with Gasteiger partial charge in [-0.15, -0.1) is 0 Å². The number of piperidine rings is 2. The normalized spacial score (nSPS) is 20.6. The zero-order valence-electron chi connectivity index (χ0n) is 19.7. The maximum Gasteiger partial charge on any atom is 0.223 e. The number of nitrogens with zero attached hydrogens (tertiary/aromatic N) is 2. The molecule has 2 N–H and O–H groups in total. The molecule has 0 aliphatic carbocycles. The van der Waals surface area contributed by atoms with Crippen molar-refractivity contribution < 1.29 is 9.59 Å². The highest BCUT2D eigenvalue weighted by molar-refractivity contribution is 5.95. The Hall–Kier alpha value is -2.70. The Kier molecular flexibility index (Phi) is 5.97. The van der Waals surface area contributed by atoms with Crippen LogP contribution in [0, 0.1) is 0 Å². The van der Waals surface area contributed by atoms with Crippen molar-refractivity contribution in [3.05, 3.63) is 48.0 Å². The summed E-state index contributed by atoms with van der Waals surface area (Å²) >= 11 is 0. The fourth-order valence-corrected chi connectivity index (χ4v) is 6.00. The van der Waals surface area contributed by atoms with Crippen molar-refractivity contribution in [2.45, 2.75) is 51.0 Å². The van der Waals surface area contributed by atoms with E-state index in [4.69, 9.17) is 0 Å². The van der Waals surface area contributed by atoms with Gasteiger partial charge >= 0.3 is 0 Å². The van der Waals surface area contributed by atoms with Gasteiger partial charge in [-0.05, 0) is 92.8 Å². The van der Waals surface area contributed by atoms with E-state index in [0.717, 1.165) is 68.1 Å². The van der Waals surface area contributed by atoms with Crippen molar-refractivity contribution in [1.29, 1.82) is 0 Å². The third kappa shape index (κ3) is 4.30. The van der Waals surface area contributed by atoms with E-state index in [1.807, 2.05) is 17.0 Å². The van der Waals surface area contributed by atoms with Crippen LogP contribution in [0.25, 0.3) is 11.1 Å². The molecule has 3 heterocycles. The second-order valence-electron chi connectivity index (χ2n) is 9.89. The molecule has 1 spiro atoms. The van der Waals surface area contributed by atoms with Gasteiger partial charge in [0.1, 0.15) is 0 Å². The van der Waals surface area contributed by atoms with Crippen LogP contribution < -0.4 is 15.5 Å². The first kappa shape index (κ1) is 22.1. The number of fused-ring (bicyclic) bond motifs is 2. The summed E-state index contributed by atoms with van der Waals surface area (Å²) in [5, 5.41) is 6.31. The first-order valence-electron chi connectivity index (χ1n) is 12.2. The number of anilines is 2. The van der Waals surface area contributed by atoms with E-state index in [0.29, 0.717) is 6.04 Å². The molecule has 6 heteroatoms. The van der Waals surface area contributed by atoms with E-state index in [-0.39, 0.29) is 17.2 Å². The Labute approximate surface area is 196 Å². The Morgan fingerprint density at radius 3 is 2.27 bits per heavy atom. The summed E-state index contributed by atoms with van der Waals surface area (Å²) in [5.74, 6) is 0.0590. The van der Waals surface area contributed by atoms with Gasteiger partial charge in [0.25, 0.3) is 0 Å². The number of benzene rings is 2. The lowest BCUT2D eigenvalue weighted by Gasteiger charge is -2.44. The van der Waals surface area contributed by atoms with Crippen LogP contribution in [0.15, 0.2) is 42.5 Å². The molecule has 0 unspecified atom stereocenters. The van der Waals surface area contributed by atoms with Gasteiger partial charge in [0, 0.05) is 43.2 Å². The molecule has 2 aromatic carbocycles. The summed E-state index contributed by atoms with van der Waals surface area (Å²) in [6.45, 7) is 8.45. The summed E-state index contributed by atoms with van der Waals surface area (Å²) < 4.78 is 0. The predicted molar refractivity (Wildman–Crippen MR) is 133 cm³/mol. The molecule has 2 amide bonds. The molecule has 6 nitrogen and oxygen atoms in total. The molecule has 0 saturated carbocycles. The van der Waals surface area contributed by atoms with Gasteiger partial charge in [0.2, 0.25) is 11.8 Å². The first-order chi connectivity index (χ1) is 15.9. The van der Waals surface area contributed by atoms with Crippen LogP contribution in [0.5, 0.6) is 0 Å². The molecule has 3 aliphatic rings. The Balaban J connectivity index is 1.42. The molecule has 2 fully saturated rings. The molecule has 2 aromatic rings. The lowest BCUT2D eigenvalue weighted by molar-refractivity contribution is -0.116. The Morgan fingerprint density at radius 1 is 0.970 bits per heavy atom. The summed E-state index contributed by atoms with van der Waals surface area (Å²) in [7, 11) is 0. The zero-order chi connectivity index (χ0) is 23.0. The van der Waals surface area contributed by atoms with Gasteiger partial charge in [-0.1, -0.05) is 18.2 Å². The van der Waals surface area contributed by atoms with Crippen molar-refractivity contribution in [2.75, 3.05) is 42.9 Å². The van der Waals surface area contributed by atoms with Crippen molar-refractivity contribution >= 4 is 23.2 Å². The molecule has 2 saturated heterocycles. The molecule has 33 heavy (non-hydrogen) atoms. The number of rotatable bonds is 3. The molecular weight excluding hydrogens is 412 g/mol. The number of amides is 2. The fourth-order valence-electron chi connectivity index (χ4n) is 6.00. The van der Waals surface area contributed by atoms with E-state index in [9.17, 15) is 9.59 Å². The topological polar surface area (TPSA) is 64.7 Å². The number of hydrogen-bond donors (Lipinski definition) is 2. The maximum absolute atomic E-state index is 12.5. The summed E-state index contributed by atoms with van der Waals surface area (Å²) in [6, 6.07) is 15.2. The van der Waals surface area contributed by atoms with E-state index >= 15 is 0 Å². The monoisotopic (exact) mass is 446 g/mol. The Morgan fingerprint density at radius 2 is 1.64 bits per heavy atom. The number of likely N-dealkylation sites (tertiary alicyclic amines) is 1. The number of carbonyl (C=O) groups excluding carboxylic acids is 2. The van der Waals surface area contributed by atoms with Crippen molar-refractivity contribution in [3.8, 4) is 11.1 Å². The van der Waals surface area contributed by atoms with Crippen molar-refractivity contribution in [2.24, 2.45) is 0 Å². The van der Waals surface area contributed by atoms with Crippen LogP contribution in [0.3, 0.4) is 0 Å². The van der Waals surface area contributed by atoms with Gasteiger partial charge in [0.15, 0.2) is 0 Å². The standard InChI is InChI=1S/C27H34N4O2/c1-19(32)29-23-6-3-21(4-7-23)22-5-8-26-25(17-22)27(18-31(26)20(2)33)11-15-30(16-12-27)24-9-13-28-14-10-24/h3-8,17,24,28H,9-16,18H2,1-2H3,(H,29,32). The Bertz CT molecular complexity index is 1030. The van der Waals surface area contributed by atoms with Crippen LogP contribution in [-0.2, 0) is 15.0 Å². The summed E-state index contributed by atoms with van der Waals surface area (Å²) in [4.78, 5) is 28.5. The van der Waals surface area contributed by atoms with Crippen LogP contribution in [0.2, 0.25) is 0 Å². The van der Waals surface area contributed by atoms with Crippen LogP contribution >= 0.6 is 0 Å². The molecule has 0 aromatic heterocycles. The minimum atomic E-state index is -0.0672. The van der Waals surface area contributed by atoms with E-state index in [1.54, 1.807) is 6.92 Å². The average Bonchev–Trinajstić information content (AvgIpc) is 3.14. The first-order valence-corrected chi connectivity index (χ1v) is 12.2. The third-order valence-electron chi connectivity index (χ3n) is 7.82. The summed E-state index contributed by atoms with van der Waals surface area (Å²) in [6.07, 6.45) is 4.67.